The highest BCUT2D eigenvalue weighted by molar-refractivity contribution is 6.18. The summed E-state index contributed by atoms with van der Waals surface area (Å²) in [6.07, 6.45) is 0. The van der Waals surface area contributed by atoms with Crippen LogP contribution >= 0.6 is 0 Å². The molecule has 1 aliphatic rings. The van der Waals surface area contributed by atoms with Crippen molar-refractivity contribution in [1.29, 1.82) is 0 Å². The van der Waals surface area contributed by atoms with E-state index in [9.17, 15) is 0 Å². The summed E-state index contributed by atoms with van der Waals surface area (Å²) in [7, 11) is 2.15. The van der Waals surface area contributed by atoms with Crippen molar-refractivity contribution in [3.05, 3.63) is 151 Å². The molecule has 232 valence electrons. The van der Waals surface area contributed by atoms with Crippen LogP contribution in [0.25, 0.3) is 93.5 Å². The monoisotopic (exact) mass is 628 g/mol. The van der Waals surface area contributed by atoms with Crippen molar-refractivity contribution >= 4 is 65.6 Å². The lowest BCUT2D eigenvalue weighted by Gasteiger charge is -2.21. The molecule has 3 heterocycles. The maximum atomic E-state index is 6.26. The van der Waals surface area contributed by atoms with Gasteiger partial charge in [-0.3, -0.25) is 0 Å². The van der Waals surface area contributed by atoms with Gasteiger partial charge in [0.25, 0.3) is 0 Å². The number of para-hydroxylation sites is 2. The normalized spacial score (nSPS) is 13.8. The summed E-state index contributed by atoms with van der Waals surface area (Å²) in [5, 5.41) is 7.37. The molecule has 0 bridgehead atoms. The van der Waals surface area contributed by atoms with Gasteiger partial charge in [0.05, 0.1) is 16.6 Å². The Hall–Kier alpha value is -6.06. The van der Waals surface area contributed by atoms with Gasteiger partial charge in [0.2, 0.25) is 0 Å². The Morgan fingerprint density at radius 3 is 1.96 bits per heavy atom. The van der Waals surface area contributed by atoms with Crippen molar-refractivity contribution in [2.24, 2.45) is 7.05 Å². The first-order valence-corrected chi connectivity index (χ1v) is 17.1. The number of furan rings is 1. The Bertz CT molecular complexity index is 3020. The van der Waals surface area contributed by atoms with E-state index in [4.69, 9.17) is 4.42 Å². The minimum absolute atomic E-state index is 0.0640. The molecular formula is C46H32N2O. The Labute approximate surface area is 283 Å². The lowest BCUT2D eigenvalue weighted by atomic mass is 9.82. The standard InChI is InChI=1S/C46H32N2O/c1-46(2)38-15-9-7-13-30(38)32-23-36-34-22-28(18-20-41(34)48(43(36)25-39(32)46)29-11-5-4-6-12-29)27-17-19-40-33(21-27)35-24-37-31-14-8-10-16-44(31)49-45(37)26-42(35)47(40)3/h4-26H,1-3H3. The summed E-state index contributed by atoms with van der Waals surface area (Å²) in [5.74, 6) is 0. The summed E-state index contributed by atoms with van der Waals surface area (Å²) < 4.78 is 11.0. The maximum Gasteiger partial charge on any atom is 0.137 e. The van der Waals surface area contributed by atoms with E-state index >= 15 is 0 Å². The van der Waals surface area contributed by atoms with Gasteiger partial charge in [-0.15, -0.1) is 0 Å². The third kappa shape index (κ3) is 3.52. The molecule has 1 aliphatic carbocycles. The summed E-state index contributed by atoms with van der Waals surface area (Å²) in [6.45, 7) is 4.72. The molecule has 3 aromatic heterocycles. The predicted molar refractivity (Wildman–Crippen MR) is 205 cm³/mol. The first-order chi connectivity index (χ1) is 24.0. The molecule has 10 aromatic rings. The number of aryl methyl sites for hydroxylation is 1. The molecule has 0 atom stereocenters. The summed E-state index contributed by atoms with van der Waals surface area (Å²) in [6, 6.07) is 51.4. The number of nitrogens with zero attached hydrogens (tertiary/aromatic N) is 2. The first kappa shape index (κ1) is 26.9. The molecule has 0 saturated carbocycles. The third-order valence-electron chi connectivity index (χ3n) is 11.3. The highest BCUT2D eigenvalue weighted by Gasteiger charge is 2.36. The highest BCUT2D eigenvalue weighted by Crippen LogP contribution is 2.51. The molecule has 7 aromatic carbocycles. The van der Waals surface area contributed by atoms with Crippen LogP contribution in [0.1, 0.15) is 25.0 Å². The van der Waals surface area contributed by atoms with E-state index in [-0.39, 0.29) is 5.41 Å². The Balaban J connectivity index is 1.16. The molecule has 0 radical (unpaired) electrons. The number of hydrogen-bond acceptors (Lipinski definition) is 1. The fourth-order valence-electron chi connectivity index (χ4n) is 8.86. The minimum Gasteiger partial charge on any atom is -0.456 e. The van der Waals surface area contributed by atoms with Crippen molar-refractivity contribution in [2.75, 3.05) is 0 Å². The van der Waals surface area contributed by atoms with Gasteiger partial charge in [-0.05, 0) is 94.0 Å². The van der Waals surface area contributed by atoms with Crippen molar-refractivity contribution in [2.45, 2.75) is 19.3 Å². The van der Waals surface area contributed by atoms with Crippen LogP contribution in [0.15, 0.2) is 144 Å². The largest absolute Gasteiger partial charge is 0.456 e. The van der Waals surface area contributed by atoms with Crippen LogP contribution in [0, 0.1) is 0 Å². The van der Waals surface area contributed by atoms with Crippen molar-refractivity contribution in [3.63, 3.8) is 0 Å². The summed E-state index contributed by atoms with van der Waals surface area (Å²) in [4.78, 5) is 0. The molecule has 0 spiro atoms. The Kier molecular flexibility index (Phi) is 5.11. The molecule has 0 saturated heterocycles. The van der Waals surface area contributed by atoms with Gasteiger partial charge in [-0.25, -0.2) is 0 Å². The fraction of sp³-hybridized carbons (Fsp3) is 0.0870. The van der Waals surface area contributed by atoms with Crippen LogP contribution < -0.4 is 0 Å². The van der Waals surface area contributed by atoms with Crippen LogP contribution in [0.4, 0.5) is 0 Å². The second-order valence-electron chi connectivity index (χ2n) is 14.2. The number of benzene rings is 7. The van der Waals surface area contributed by atoms with Crippen molar-refractivity contribution < 1.29 is 4.42 Å². The fourth-order valence-corrected chi connectivity index (χ4v) is 8.86. The zero-order valence-corrected chi connectivity index (χ0v) is 27.6. The molecule has 0 N–H and O–H groups in total. The molecule has 3 nitrogen and oxygen atoms in total. The van der Waals surface area contributed by atoms with E-state index in [2.05, 4.69) is 163 Å². The third-order valence-corrected chi connectivity index (χ3v) is 11.3. The van der Waals surface area contributed by atoms with Crippen LogP contribution in [-0.2, 0) is 12.5 Å². The van der Waals surface area contributed by atoms with Gasteiger partial charge in [-0.1, -0.05) is 86.6 Å². The smallest absolute Gasteiger partial charge is 0.137 e. The van der Waals surface area contributed by atoms with Crippen molar-refractivity contribution in [1.82, 2.24) is 9.13 Å². The second kappa shape index (κ2) is 9.30. The number of fused-ring (bicyclic) bond motifs is 12. The van der Waals surface area contributed by atoms with Gasteiger partial charge >= 0.3 is 0 Å². The topological polar surface area (TPSA) is 23.0 Å². The summed E-state index contributed by atoms with van der Waals surface area (Å²) in [5.41, 5.74) is 15.8. The van der Waals surface area contributed by atoms with E-state index < -0.39 is 0 Å². The average molecular weight is 629 g/mol. The van der Waals surface area contributed by atoms with Gasteiger partial charge in [-0.2, -0.15) is 0 Å². The molecule has 49 heavy (non-hydrogen) atoms. The Morgan fingerprint density at radius 2 is 1.12 bits per heavy atom. The maximum absolute atomic E-state index is 6.26. The molecule has 3 heteroatoms. The number of hydrogen-bond donors (Lipinski definition) is 0. The quantitative estimate of drug-likeness (QED) is 0.187. The van der Waals surface area contributed by atoms with Gasteiger partial charge in [0.1, 0.15) is 11.2 Å². The van der Waals surface area contributed by atoms with Crippen molar-refractivity contribution in [3.8, 4) is 27.9 Å². The first-order valence-electron chi connectivity index (χ1n) is 17.1. The average Bonchev–Trinajstić information content (AvgIpc) is 3.82. The molecular weight excluding hydrogens is 597 g/mol. The number of rotatable bonds is 2. The predicted octanol–water partition coefficient (Wildman–Crippen LogP) is 12.3. The lowest BCUT2D eigenvalue weighted by Crippen LogP contribution is -2.14. The highest BCUT2D eigenvalue weighted by atomic mass is 16.3. The van der Waals surface area contributed by atoms with E-state index in [1.54, 1.807) is 0 Å². The zero-order chi connectivity index (χ0) is 32.6. The van der Waals surface area contributed by atoms with E-state index in [0.29, 0.717) is 0 Å². The van der Waals surface area contributed by atoms with Crippen LogP contribution in [0.5, 0.6) is 0 Å². The lowest BCUT2D eigenvalue weighted by molar-refractivity contribution is 0.661. The Morgan fingerprint density at radius 1 is 0.449 bits per heavy atom. The molecule has 0 fully saturated rings. The van der Waals surface area contributed by atoms with Crippen LogP contribution in [0.3, 0.4) is 0 Å². The van der Waals surface area contributed by atoms with Crippen LogP contribution in [-0.4, -0.2) is 9.13 Å². The molecule has 0 amide bonds. The van der Waals surface area contributed by atoms with Gasteiger partial charge in [0.15, 0.2) is 0 Å². The van der Waals surface area contributed by atoms with E-state index in [1.807, 2.05) is 6.07 Å². The van der Waals surface area contributed by atoms with Gasteiger partial charge < -0.3 is 13.6 Å². The van der Waals surface area contributed by atoms with Gasteiger partial charge in [0, 0.05) is 62.1 Å². The zero-order valence-electron chi connectivity index (χ0n) is 27.6. The second-order valence-corrected chi connectivity index (χ2v) is 14.2. The molecule has 11 rings (SSSR count). The van der Waals surface area contributed by atoms with Crippen LogP contribution in [0.2, 0.25) is 0 Å². The molecule has 0 aliphatic heterocycles. The SMILES string of the molecule is Cn1c2ccc(-c3ccc4c(c3)c3cc5c(cc3n4-c3ccccc3)C(C)(C)c3ccccc3-5)cc2c2cc3c(cc21)oc1ccccc13. The minimum atomic E-state index is -0.0640. The van der Waals surface area contributed by atoms with E-state index in [0.717, 1.165) is 21.9 Å². The van der Waals surface area contributed by atoms with E-state index in [1.165, 1.54) is 82.7 Å². The molecule has 0 unspecified atom stereocenters. The number of aromatic nitrogens is 2. The summed E-state index contributed by atoms with van der Waals surface area (Å²) >= 11 is 0.